The number of hydrogen-bond donors (Lipinski definition) is 0. The summed E-state index contributed by atoms with van der Waals surface area (Å²) in [4.78, 5) is 11.0. The van der Waals surface area contributed by atoms with Crippen LogP contribution in [-0.2, 0) is 0 Å². The van der Waals surface area contributed by atoms with Gasteiger partial charge in [-0.1, -0.05) is 36.4 Å². The fourth-order valence-corrected chi connectivity index (χ4v) is 4.00. The first-order valence-electron chi connectivity index (χ1n) is 10.1. The molecule has 0 amide bonds. The minimum atomic E-state index is 0.117. The highest BCUT2D eigenvalue weighted by atomic mass is 35.5. The first-order valence-corrected chi connectivity index (χ1v) is 10.5. The van der Waals surface area contributed by atoms with E-state index in [1.165, 1.54) is 0 Å². The van der Waals surface area contributed by atoms with Gasteiger partial charge in [0.1, 0.15) is 11.0 Å². The molecule has 2 aromatic heterocycles. The molecule has 0 radical (unpaired) electrons. The van der Waals surface area contributed by atoms with Gasteiger partial charge in [-0.15, -0.1) is 0 Å². The minimum absolute atomic E-state index is 0.117. The Bertz CT molecular complexity index is 1510. The van der Waals surface area contributed by atoms with E-state index >= 15 is 0 Å². The van der Waals surface area contributed by atoms with Crippen molar-refractivity contribution in [1.82, 2.24) is 9.97 Å². The third kappa shape index (κ3) is 3.20. The van der Waals surface area contributed by atoms with E-state index in [1.54, 1.807) is 0 Å². The second-order valence-electron chi connectivity index (χ2n) is 7.30. The van der Waals surface area contributed by atoms with Gasteiger partial charge in [-0.2, -0.15) is 4.98 Å². The standard InChI is InChI=1S/C26H16ClN3O2/c27-26-29-21-10-6-11-22(24(21)32-26)30(18-7-2-1-3-8-18)19-15-13-17(14-16-19)25-28-20-9-4-5-12-23(20)31-25/h1-16H. The zero-order chi connectivity index (χ0) is 21.5. The van der Waals surface area contributed by atoms with Gasteiger partial charge in [0.25, 0.3) is 5.35 Å². The highest BCUT2D eigenvalue weighted by molar-refractivity contribution is 6.28. The van der Waals surface area contributed by atoms with E-state index in [9.17, 15) is 0 Å². The van der Waals surface area contributed by atoms with E-state index in [0.717, 1.165) is 33.7 Å². The number of para-hydroxylation sites is 4. The van der Waals surface area contributed by atoms with Crippen molar-refractivity contribution in [3.8, 4) is 11.5 Å². The van der Waals surface area contributed by atoms with E-state index in [2.05, 4.69) is 14.9 Å². The lowest BCUT2D eigenvalue weighted by molar-refractivity contribution is 0.605. The Labute approximate surface area is 188 Å². The van der Waals surface area contributed by atoms with E-state index < -0.39 is 0 Å². The summed E-state index contributed by atoms with van der Waals surface area (Å²) in [5.74, 6) is 0.591. The number of anilines is 3. The monoisotopic (exact) mass is 437 g/mol. The first-order chi connectivity index (χ1) is 15.8. The summed E-state index contributed by atoms with van der Waals surface area (Å²) < 4.78 is 11.7. The van der Waals surface area contributed by atoms with Crippen molar-refractivity contribution in [2.45, 2.75) is 0 Å². The Balaban J connectivity index is 1.47. The molecule has 32 heavy (non-hydrogen) atoms. The lowest BCUT2D eigenvalue weighted by Crippen LogP contribution is -2.10. The first kappa shape index (κ1) is 18.7. The van der Waals surface area contributed by atoms with Gasteiger partial charge in [0.2, 0.25) is 5.89 Å². The van der Waals surface area contributed by atoms with Gasteiger partial charge >= 0.3 is 0 Å². The molecule has 0 spiro atoms. The van der Waals surface area contributed by atoms with Crippen molar-refractivity contribution in [3.63, 3.8) is 0 Å². The highest BCUT2D eigenvalue weighted by Crippen LogP contribution is 2.40. The lowest BCUT2D eigenvalue weighted by atomic mass is 10.1. The summed E-state index contributed by atoms with van der Waals surface area (Å²) in [6, 6.07) is 31.7. The fourth-order valence-electron chi connectivity index (χ4n) is 3.84. The van der Waals surface area contributed by atoms with Crippen molar-refractivity contribution in [2.24, 2.45) is 0 Å². The number of nitrogens with zero attached hydrogens (tertiary/aromatic N) is 3. The zero-order valence-corrected chi connectivity index (χ0v) is 17.5. The molecule has 0 saturated heterocycles. The van der Waals surface area contributed by atoms with Crippen molar-refractivity contribution in [2.75, 3.05) is 4.90 Å². The predicted octanol–water partition coefficient (Wildman–Crippen LogP) is 7.76. The normalized spacial score (nSPS) is 11.3. The van der Waals surface area contributed by atoms with Gasteiger partial charge in [-0.05, 0) is 72.3 Å². The second kappa shape index (κ2) is 7.55. The Morgan fingerprint density at radius 3 is 2.16 bits per heavy atom. The van der Waals surface area contributed by atoms with Crippen LogP contribution in [0.25, 0.3) is 33.7 Å². The number of oxazole rings is 2. The summed E-state index contributed by atoms with van der Waals surface area (Å²) >= 11 is 6.06. The summed E-state index contributed by atoms with van der Waals surface area (Å²) in [5.41, 5.74) is 6.64. The molecule has 0 N–H and O–H groups in total. The number of rotatable bonds is 4. The molecule has 5 nitrogen and oxygen atoms in total. The van der Waals surface area contributed by atoms with Gasteiger partial charge in [-0.3, -0.25) is 0 Å². The maximum absolute atomic E-state index is 6.06. The molecule has 6 heteroatoms. The molecule has 0 aliphatic carbocycles. The van der Waals surface area contributed by atoms with Crippen LogP contribution in [0.5, 0.6) is 0 Å². The maximum atomic E-state index is 6.06. The molecule has 0 bridgehead atoms. The molecular weight excluding hydrogens is 422 g/mol. The SMILES string of the molecule is Clc1nc2cccc(N(c3ccccc3)c3ccc(-c4nc5ccccc5o4)cc3)c2o1. The summed E-state index contributed by atoms with van der Waals surface area (Å²) in [7, 11) is 0. The van der Waals surface area contributed by atoms with E-state index in [4.69, 9.17) is 20.4 Å². The lowest BCUT2D eigenvalue weighted by Gasteiger charge is -2.25. The zero-order valence-electron chi connectivity index (χ0n) is 16.8. The Morgan fingerprint density at radius 1 is 0.625 bits per heavy atom. The predicted molar refractivity (Wildman–Crippen MR) is 127 cm³/mol. The molecule has 0 aliphatic heterocycles. The Morgan fingerprint density at radius 2 is 1.34 bits per heavy atom. The average Bonchev–Trinajstić information content (AvgIpc) is 3.44. The van der Waals surface area contributed by atoms with Crippen molar-refractivity contribution < 1.29 is 8.83 Å². The molecule has 0 saturated carbocycles. The molecule has 0 unspecified atom stereocenters. The van der Waals surface area contributed by atoms with Gasteiger partial charge in [-0.25, -0.2) is 4.98 Å². The third-order valence-corrected chi connectivity index (χ3v) is 5.45. The minimum Gasteiger partial charge on any atom is -0.436 e. The molecule has 6 rings (SSSR count). The number of aromatic nitrogens is 2. The summed E-state index contributed by atoms with van der Waals surface area (Å²) in [6.07, 6.45) is 0. The number of hydrogen-bond acceptors (Lipinski definition) is 5. The van der Waals surface area contributed by atoms with Crippen LogP contribution < -0.4 is 4.90 Å². The number of halogens is 1. The highest BCUT2D eigenvalue weighted by Gasteiger charge is 2.19. The van der Waals surface area contributed by atoms with Crippen LogP contribution in [0.4, 0.5) is 17.1 Å². The average molecular weight is 438 g/mol. The van der Waals surface area contributed by atoms with E-state index in [0.29, 0.717) is 17.0 Å². The topological polar surface area (TPSA) is 55.3 Å². The smallest absolute Gasteiger partial charge is 0.293 e. The Kier molecular flexibility index (Phi) is 4.40. The molecule has 6 aromatic rings. The van der Waals surface area contributed by atoms with Gasteiger partial charge < -0.3 is 13.7 Å². The van der Waals surface area contributed by atoms with Gasteiger partial charge in [0.05, 0.1) is 5.69 Å². The van der Waals surface area contributed by atoms with E-state index in [1.807, 2.05) is 97.1 Å². The largest absolute Gasteiger partial charge is 0.436 e. The van der Waals surface area contributed by atoms with Gasteiger partial charge in [0.15, 0.2) is 11.2 Å². The molecular formula is C26H16ClN3O2. The molecule has 4 aromatic carbocycles. The number of benzene rings is 4. The van der Waals surface area contributed by atoms with Crippen LogP contribution in [0, 0.1) is 0 Å². The van der Waals surface area contributed by atoms with Crippen molar-refractivity contribution >= 4 is 50.9 Å². The quantitative estimate of drug-likeness (QED) is 0.282. The second-order valence-corrected chi connectivity index (χ2v) is 7.62. The van der Waals surface area contributed by atoms with Crippen LogP contribution in [0.1, 0.15) is 0 Å². The van der Waals surface area contributed by atoms with Crippen LogP contribution in [0.3, 0.4) is 0 Å². The van der Waals surface area contributed by atoms with Crippen LogP contribution in [-0.4, -0.2) is 9.97 Å². The van der Waals surface area contributed by atoms with Crippen LogP contribution in [0.2, 0.25) is 5.35 Å². The van der Waals surface area contributed by atoms with E-state index in [-0.39, 0.29) is 5.35 Å². The molecule has 0 atom stereocenters. The molecule has 154 valence electrons. The van der Waals surface area contributed by atoms with Crippen molar-refractivity contribution in [3.05, 3.63) is 102 Å². The Hall–Kier alpha value is -4.09. The maximum Gasteiger partial charge on any atom is 0.293 e. The number of fused-ring (bicyclic) bond motifs is 2. The molecule has 2 heterocycles. The fraction of sp³-hybridized carbons (Fsp3) is 0. The summed E-state index contributed by atoms with van der Waals surface area (Å²) in [5, 5.41) is 0.117. The summed E-state index contributed by atoms with van der Waals surface area (Å²) in [6.45, 7) is 0. The van der Waals surface area contributed by atoms with Gasteiger partial charge in [0, 0.05) is 16.9 Å². The van der Waals surface area contributed by atoms with Crippen LogP contribution >= 0.6 is 11.6 Å². The molecule has 0 fully saturated rings. The molecule has 0 aliphatic rings. The van der Waals surface area contributed by atoms with Crippen molar-refractivity contribution in [1.29, 1.82) is 0 Å². The third-order valence-electron chi connectivity index (χ3n) is 5.29. The van der Waals surface area contributed by atoms with Crippen LogP contribution in [0.15, 0.2) is 106 Å².